The average molecular weight is 394 g/mol. The van der Waals surface area contributed by atoms with Crippen LogP contribution in [0.5, 0.6) is 0 Å². The highest BCUT2D eigenvalue weighted by Crippen LogP contribution is 2.20. The van der Waals surface area contributed by atoms with Gasteiger partial charge in [0.15, 0.2) is 5.58 Å². The smallest absolute Gasteiger partial charge is 0.408 e. The summed E-state index contributed by atoms with van der Waals surface area (Å²) < 4.78 is 6.53. The monoisotopic (exact) mass is 394 g/mol. The minimum atomic E-state index is -0.542. The molecule has 0 unspecified atom stereocenters. The maximum atomic E-state index is 12.7. The van der Waals surface area contributed by atoms with Crippen LogP contribution < -0.4 is 11.1 Å². The lowest BCUT2D eigenvalue weighted by atomic mass is 9.96. The van der Waals surface area contributed by atoms with Crippen LogP contribution >= 0.6 is 0 Å². The Bertz CT molecular complexity index is 1110. The zero-order chi connectivity index (χ0) is 20.4. The topological polar surface area (TPSA) is 97.4 Å². The number of nitrogens with one attached hydrogen (secondary N) is 1. The number of rotatable bonds is 4. The van der Waals surface area contributed by atoms with Crippen molar-refractivity contribution in [3.63, 3.8) is 0 Å². The lowest BCUT2D eigenvalue weighted by Gasteiger charge is -2.31. The second-order valence-electron chi connectivity index (χ2n) is 7.23. The molecular formula is C21H22N4O4. The number of nitrogens with zero attached hydrogens (tertiary/aromatic N) is 3. The zero-order valence-corrected chi connectivity index (χ0v) is 16.1. The maximum absolute atomic E-state index is 12.7. The number of aromatic nitrogens is 2. The van der Waals surface area contributed by atoms with Gasteiger partial charge < -0.3 is 14.6 Å². The van der Waals surface area contributed by atoms with Crippen LogP contribution in [0, 0.1) is 12.8 Å². The van der Waals surface area contributed by atoms with E-state index in [1.54, 1.807) is 35.2 Å². The summed E-state index contributed by atoms with van der Waals surface area (Å²) in [5, 5.41) is 2.85. The van der Waals surface area contributed by atoms with E-state index >= 15 is 0 Å². The fourth-order valence-electron chi connectivity index (χ4n) is 3.63. The Balaban J connectivity index is 1.35. The van der Waals surface area contributed by atoms with Crippen molar-refractivity contribution in [2.24, 2.45) is 5.92 Å². The number of hydrogen-bond acceptors (Lipinski definition) is 5. The van der Waals surface area contributed by atoms with E-state index in [9.17, 15) is 14.4 Å². The number of para-hydroxylation sites is 2. The molecule has 0 bridgehead atoms. The summed E-state index contributed by atoms with van der Waals surface area (Å²) in [6.45, 7) is 2.75. The molecule has 8 heteroatoms. The standard InChI is InChI=1S/C21H22N4O4/c1-14-5-4-8-18(22-14)23-20(27)15-9-11-24(12-10-15)19(26)13-25-16-6-2-3-7-17(16)29-21(25)28/h2-8,15H,9-13H2,1H3,(H,22,23,27). The van der Waals surface area contributed by atoms with E-state index < -0.39 is 5.76 Å². The van der Waals surface area contributed by atoms with Crippen molar-refractivity contribution < 1.29 is 14.0 Å². The third kappa shape index (κ3) is 4.06. The number of hydrogen-bond donors (Lipinski definition) is 1. The van der Waals surface area contributed by atoms with Gasteiger partial charge in [-0.3, -0.25) is 14.2 Å². The molecule has 0 aliphatic carbocycles. The molecule has 0 atom stereocenters. The summed E-state index contributed by atoms with van der Waals surface area (Å²) in [5.74, 6) is -0.400. The molecule has 1 aliphatic rings. The van der Waals surface area contributed by atoms with Gasteiger partial charge in [0.1, 0.15) is 12.4 Å². The van der Waals surface area contributed by atoms with Crippen molar-refractivity contribution in [3.8, 4) is 0 Å². The van der Waals surface area contributed by atoms with Crippen molar-refractivity contribution in [1.29, 1.82) is 0 Å². The van der Waals surface area contributed by atoms with Crippen molar-refractivity contribution in [1.82, 2.24) is 14.5 Å². The summed E-state index contributed by atoms with van der Waals surface area (Å²) in [4.78, 5) is 43.2. The van der Waals surface area contributed by atoms with E-state index in [-0.39, 0.29) is 24.3 Å². The molecule has 2 amide bonds. The summed E-state index contributed by atoms with van der Waals surface area (Å²) in [6, 6.07) is 12.5. The highest BCUT2D eigenvalue weighted by Gasteiger charge is 2.28. The lowest BCUT2D eigenvalue weighted by molar-refractivity contribution is -0.135. The molecular weight excluding hydrogens is 372 g/mol. The average Bonchev–Trinajstić information content (AvgIpc) is 3.03. The molecule has 29 heavy (non-hydrogen) atoms. The number of piperidine rings is 1. The number of anilines is 1. The fourth-order valence-corrected chi connectivity index (χ4v) is 3.63. The molecule has 1 aromatic carbocycles. The van der Waals surface area contributed by atoms with Crippen LogP contribution in [0.25, 0.3) is 11.1 Å². The highest BCUT2D eigenvalue weighted by molar-refractivity contribution is 5.92. The number of aryl methyl sites for hydroxylation is 1. The predicted octanol–water partition coefficient (Wildman–Crippen LogP) is 2.18. The molecule has 1 aliphatic heterocycles. The number of benzene rings is 1. The van der Waals surface area contributed by atoms with Crippen LogP contribution in [0.15, 0.2) is 51.7 Å². The first-order chi connectivity index (χ1) is 14.0. The van der Waals surface area contributed by atoms with E-state index in [1.165, 1.54) is 4.57 Å². The van der Waals surface area contributed by atoms with Crippen LogP contribution in [0.1, 0.15) is 18.5 Å². The van der Waals surface area contributed by atoms with E-state index in [0.29, 0.717) is 42.8 Å². The minimum Gasteiger partial charge on any atom is -0.408 e. The van der Waals surface area contributed by atoms with Crippen molar-refractivity contribution in [2.75, 3.05) is 18.4 Å². The van der Waals surface area contributed by atoms with Gasteiger partial charge in [-0.05, 0) is 44.0 Å². The Morgan fingerprint density at radius 1 is 1.14 bits per heavy atom. The van der Waals surface area contributed by atoms with Crippen LogP contribution in [0.2, 0.25) is 0 Å². The molecule has 150 valence electrons. The number of likely N-dealkylation sites (tertiary alicyclic amines) is 1. The summed E-state index contributed by atoms with van der Waals surface area (Å²) >= 11 is 0. The Hall–Kier alpha value is -3.42. The molecule has 1 N–H and O–H groups in total. The summed E-state index contributed by atoms with van der Waals surface area (Å²) in [7, 11) is 0. The third-order valence-electron chi connectivity index (χ3n) is 5.23. The molecule has 1 saturated heterocycles. The van der Waals surface area contributed by atoms with E-state index in [2.05, 4.69) is 10.3 Å². The van der Waals surface area contributed by atoms with Gasteiger partial charge in [0, 0.05) is 24.7 Å². The van der Waals surface area contributed by atoms with E-state index in [4.69, 9.17) is 4.42 Å². The van der Waals surface area contributed by atoms with Crippen LogP contribution in [-0.4, -0.2) is 39.4 Å². The maximum Gasteiger partial charge on any atom is 0.420 e. The number of carbonyl (C=O) groups excluding carboxylic acids is 2. The number of carbonyl (C=O) groups is 2. The van der Waals surface area contributed by atoms with Gasteiger partial charge in [0.2, 0.25) is 11.8 Å². The van der Waals surface area contributed by atoms with Gasteiger partial charge in [0.25, 0.3) is 0 Å². The van der Waals surface area contributed by atoms with Crippen LogP contribution in [-0.2, 0) is 16.1 Å². The molecule has 0 spiro atoms. The molecule has 2 aromatic heterocycles. The molecule has 0 saturated carbocycles. The zero-order valence-electron chi connectivity index (χ0n) is 16.1. The Morgan fingerprint density at radius 2 is 1.90 bits per heavy atom. The van der Waals surface area contributed by atoms with Gasteiger partial charge in [-0.2, -0.15) is 0 Å². The first-order valence-corrected chi connectivity index (χ1v) is 9.62. The molecule has 4 rings (SSSR count). The van der Waals surface area contributed by atoms with E-state index in [1.807, 2.05) is 19.1 Å². The third-order valence-corrected chi connectivity index (χ3v) is 5.23. The van der Waals surface area contributed by atoms with Crippen molar-refractivity contribution in [2.45, 2.75) is 26.3 Å². The van der Waals surface area contributed by atoms with E-state index in [0.717, 1.165) is 5.69 Å². The minimum absolute atomic E-state index is 0.0695. The van der Waals surface area contributed by atoms with Crippen molar-refractivity contribution in [3.05, 3.63) is 58.7 Å². The number of fused-ring (bicyclic) bond motifs is 1. The quantitative estimate of drug-likeness (QED) is 0.731. The summed E-state index contributed by atoms with van der Waals surface area (Å²) in [5.41, 5.74) is 1.90. The SMILES string of the molecule is Cc1cccc(NC(=O)C2CCN(C(=O)Cn3c(=O)oc4ccccc43)CC2)n1. The second-order valence-corrected chi connectivity index (χ2v) is 7.23. The molecule has 1 fully saturated rings. The van der Waals surface area contributed by atoms with Gasteiger partial charge >= 0.3 is 5.76 Å². The normalized spacial score (nSPS) is 14.9. The molecule has 3 heterocycles. The number of oxazole rings is 1. The molecule has 0 radical (unpaired) electrons. The first-order valence-electron chi connectivity index (χ1n) is 9.62. The predicted molar refractivity (Wildman–Crippen MR) is 107 cm³/mol. The van der Waals surface area contributed by atoms with Crippen LogP contribution in [0.3, 0.4) is 0 Å². The first kappa shape index (κ1) is 18.9. The Morgan fingerprint density at radius 3 is 2.66 bits per heavy atom. The Kier molecular flexibility index (Phi) is 5.16. The lowest BCUT2D eigenvalue weighted by Crippen LogP contribution is -2.43. The summed E-state index contributed by atoms with van der Waals surface area (Å²) in [6.07, 6.45) is 1.15. The van der Waals surface area contributed by atoms with Gasteiger partial charge in [-0.1, -0.05) is 18.2 Å². The van der Waals surface area contributed by atoms with Crippen LogP contribution in [0.4, 0.5) is 5.82 Å². The highest BCUT2D eigenvalue weighted by atomic mass is 16.4. The van der Waals surface area contributed by atoms with Gasteiger partial charge in [0.05, 0.1) is 5.52 Å². The fraction of sp³-hybridized carbons (Fsp3) is 0.333. The number of pyridine rings is 1. The van der Waals surface area contributed by atoms with Crippen molar-refractivity contribution >= 4 is 28.7 Å². The molecule has 8 nitrogen and oxygen atoms in total. The molecule has 3 aromatic rings. The van der Waals surface area contributed by atoms with Gasteiger partial charge in [-0.15, -0.1) is 0 Å². The Labute approximate surface area is 167 Å². The largest absolute Gasteiger partial charge is 0.420 e. The number of amides is 2. The van der Waals surface area contributed by atoms with Gasteiger partial charge in [-0.25, -0.2) is 9.78 Å². The second kappa shape index (κ2) is 7.90.